The Balaban J connectivity index is 1.55. The minimum absolute atomic E-state index is 0.124. The molecule has 0 aliphatic heterocycles. The van der Waals surface area contributed by atoms with Crippen LogP contribution in [0.2, 0.25) is 10.0 Å². The Morgan fingerprint density at radius 3 is 2.44 bits per heavy atom. The van der Waals surface area contributed by atoms with E-state index >= 15 is 0 Å². The molecule has 11 nitrogen and oxygen atoms in total. The summed E-state index contributed by atoms with van der Waals surface area (Å²) in [6.07, 6.45) is 2.32. The maximum absolute atomic E-state index is 11.7. The Kier molecular flexibility index (Phi) is 8.67. The van der Waals surface area contributed by atoms with Gasteiger partial charge in [-0.15, -0.1) is 5.10 Å². The van der Waals surface area contributed by atoms with Crippen molar-refractivity contribution in [2.75, 3.05) is 14.2 Å². The molecule has 13 heteroatoms. The maximum Gasteiger partial charge on any atom is 0.407 e. The molecule has 43 heavy (non-hydrogen) atoms. The molecule has 2 N–H and O–H groups in total. The lowest BCUT2D eigenvalue weighted by Gasteiger charge is -2.24. The van der Waals surface area contributed by atoms with Crippen LogP contribution < -0.4 is 9.47 Å². The number of halogens is 2. The molecule has 1 aromatic carbocycles. The van der Waals surface area contributed by atoms with Gasteiger partial charge in [-0.05, 0) is 38.1 Å². The van der Waals surface area contributed by atoms with Crippen molar-refractivity contribution in [2.24, 2.45) is 0 Å². The van der Waals surface area contributed by atoms with Gasteiger partial charge in [0.25, 0.3) is 0 Å². The molecule has 0 saturated heterocycles. The lowest BCUT2D eigenvalue weighted by Crippen LogP contribution is -2.35. The molecule has 5 rings (SSSR count). The summed E-state index contributed by atoms with van der Waals surface area (Å²) in [5.74, 6) is 0.998. The lowest BCUT2D eigenvalue weighted by atomic mass is 10.00. The number of pyridine rings is 3. The molecule has 0 saturated carbocycles. The highest BCUT2D eigenvalue weighted by molar-refractivity contribution is 6.39. The fraction of sp³-hybridized carbons (Fsp3) is 0.233. The number of rotatable bonds is 9. The number of carbonyl (C=O) groups is 1. The number of hydrogen-bond acceptors (Lipinski definition) is 8. The van der Waals surface area contributed by atoms with E-state index in [2.05, 4.69) is 20.1 Å². The summed E-state index contributed by atoms with van der Waals surface area (Å²) in [5, 5.41) is 24.1. The summed E-state index contributed by atoms with van der Waals surface area (Å²) in [5.41, 5.74) is 4.66. The summed E-state index contributed by atoms with van der Waals surface area (Å²) in [7, 11) is 3.01. The molecule has 0 unspecified atom stereocenters. The van der Waals surface area contributed by atoms with E-state index in [0.717, 1.165) is 0 Å². The fourth-order valence-electron chi connectivity index (χ4n) is 4.71. The third-order valence-electron chi connectivity index (χ3n) is 6.87. The zero-order valence-corrected chi connectivity index (χ0v) is 25.3. The monoisotopic (exact) mass is 622 g/mol. The smallest absolute Gasteiger partial charge is 0.407 e. The van der Waals surface area contributed by atoms with Gasteiger partial charge in [0, 0.05) is 46.3 Å². The summed E-state index contributed by atoms with van der Waals surface area (Å²) in [4.78, 5) is 26.5. The van der Waals surface area contributed by atoms with Crippen molar-refractivity contribution in [1.82, 2.24) is 29.5 Å². The molecule has 222 valence electrons. The summed E-state index contributed by atoms with van der Waals surface area (Å²) in [6.45, 7) is 3.42. The number of aliphatic hydroxyl groups excluding tert-OH is 1. The molecule has 0 fully saturated rings. The second kappa shape index (κ2) is 12.4. The number of carboxylic acid groups (broad SMARTS) is 1. The standard InChI is InChI=1S/C30H28Cl2N6O5/c1-16(2)37(30(40)41)13-17-8-9-22(34-29(17)43-4)21-7-5-6-19(25(21)31)20-10-11-33-27(26(20)32)18-12-23(42-3)28-35-24(15-39)36-38(28)14-18/h5-12,14,16,39H,13,15H2,1-4H3,(H,40,41). The van der Waals surface area contributed by atoms with Gasteiger partial charge in [0.2, 0.25) is 5.88 Å². The number of aromatic nitrogens is 5. The number of aliphatic hydroxyl groups is 1. The number of ether oxygens (including phenoxy) is 2. The molecule has 5 aromatic rings. The summed E-state index contributed by atoms with van der Waals surface area (Å²) < 4.78 is 12.5. The zero-order valence-electron chi connectivity index (χ0n) is 23.7. The van der Waals surface area contributed by atoms with Gasteiger partial charge in [-0.3, -0.25) is 4.98 Å². The highest BCUT2D eigenvalue weighted by atomic mass is 35.5. The first-order chi connectivity index (χ1) is 20.7. The van der Waals surface area contributed by atoms with Gasteiger partial charge in [0.05, 0.1) is 42.2 Å². The molecule has 0 atom stereocenters. The Hall–Kier alpha value is -4.45. The van der Waals surface area contributed by atoms with E-state index in [1.54, 1.807) is 50.5 Å². The average molecular weight is 623 g/mol. The van der Waals surface area contributed by atoms with Crippen LogP contribution in [-0.2, 0) is 13.2 Å². The van der Waals surface area contributed by atoms with Crippen LogP contribution in [0.4, 0.5) is 4.79 Å². The second-order valence-electron chi connectivity index (χ2n) is 9.81. The van der Waals surface area contributed by atoms with Gasteiger partial charge in [0.15, 0.2) is 17.2 Å². The van der Waals surface area contributed by atoms with E-state index in [1.165, 1.54) is 23.6 Å². The predicted octanol–water partition coefficient (Wildman–Crippen LogP) is 6.23. The Bertz CT molecular complexity index is 1830. The van der Waals surface area contributed by atoms with Gasteiger partial charge < -0.3 is 24.6 Å². The number of fused-ring (bicyclic) bond motifs is 1. The van der Waals surface area contributed by atoms with Gasteiger partial charge in [-0.1, -0.05) is 41.4 Å². The van der Waals surface area contributed by atoms with Crippen molar-refractivity contribution in [2.45, 2.75) is 33.0 Å². The van der Waals surface area contributed by atoms with Crippen molar-refractivity contribution < 1.29 is 24.5 Å². The summed E-state index contributed by atoms with van der Waals surface area (Å²) >= 11 is 13.9. The third kappa shape index (κ3) is 5.79. The average Bonchev–Trinajstić information content (AvgIpc) is 3.43. The zero-order chi connectivity index (χ0) is 30.8. The van der Waals surface area contributed by atoms with E-state index < -0.39 is 6.09 Å². The number of benzene rings is 1. The molecule has 1 amide bonds. The van der Waals surface area contributed by atoms with Crippen LogP contribution in [0.15, 0.2) is 54.9 Å². The van der Waals surface area contributed by atoms with Crippen molar-refractivity contribution in [3.63, 3.8) is 0 Å². The minimum Gasteiger partial charge on any atom is -0.493 e. The van der Waals surface area contributed by atoms with Gasteiger partial charge in [0.1, 0.15) is 6.61 Å². The molecule has 0 bridgehead atoms. The first-order valence-corrected chi connectivity index (χ1v) is 13.9. The quantitative estimate of drug-likeness (QED) is 0.196. The summed E-state index contributed by atoms with van der Waals surface area (Å²) in [6, 6.07) is 12.4. The molecule has 0 radical (unpaired) electrons. The molecule has 0 aliphatic carbocycles. The third-order valence-corrected chi connectivity index (χ3v) is 7.66. The SMILES string of the molecule is COc1nc(-c2cccc(-c3ccnc(-c4cc(OC)c5nc(CO)nn5c4)c3Cl)c2Cl)ccc1CN(C(=O)O)C(C)C. The van der Waals surface area contributed by atoms with Crippen LogP contribution in [-0.4, -0.2) is 66.0 Å². The lowest BCUT2D eigenvalue weighted by molar-refractivity contribution is 0.127. The van der Waals surface area contributed by atoms with Gasteiger partial charge >= 0.3 is 6.09 Å². The number of hydrogen-bond donors (Lipinski definition) is 2. The van der Waals surface area contributed by atoms with Gasteiger partial charge in [-0.2, -0.15) is 0 Å². The Morgan fingerprint density at radius 2 is 1.77 bits per heavy atom. The fourth-order valence-corrected chi connectivity index (χ4v) is 5.36. The topological polar surface area (TPSA) is 135 Å². The second-order valence-corrected chi connectivity index (χ2v) is 10.6. The van der Waals surface area contributed by atoms with E-state index in [4.69, 9.17) is 32.7 Å². The van der Waals surface area contributed by atoms with Crippen LogP contribution in [0.1, 0.15) is 25.2 Å². The van der Waals surface area contributed by atoms with E-state index in [0.29, 0.717) is 66.5 Å². The van der Waals surface area contributed by atoms with Crippen molar-refractivity contribution >= 4 is 34.9 Å². The van der Waals surface area contributed by atoms with Crippen molar-refractivity contribution in [1.29, 1.82) is 0 Å². The number of methoxy groups -OCH3 is 2. The first kappa shape index (κ1) is 30.0. The largest absolute Gasteiger partial charge is 0.493 e. The van der Waals surface area contributed by atoms with Crippen LogP contribution in [0.5, 0.6) is 11.6 Å². The molecular formula is C30H28Cl2N6O5. The van der Waals surface area contributed by atoms with Crippen LogP contribution in [0, 0.1) is 0 Å². The molecule has 4 heterocycles. The van der Waals surface area contributed by atoms with E-state index in [9.17, 15) is 15.0 Å². The Labute approximate surface area is 257 Å². The maximum atomic E-state index is 11.7. The van der Waals surface area contributed by atoms with Crippen LogP contribution in [0.3, 0.4) is 0 Å². The van der Waals surface area contributed by atoms with Gasteiger partial charge in [-0.25, -0.2) is 19.3 Å². The highest BCUT2D eigenvalue weighted by Crippen LogP contribution is 2.42. The molecule has 0 aliphatic rings. The predicted molar refractivity (Wildman–Crippen MR) is 163 cm³/mol. The van der Waals surface area contributed by atoms with Crippen LogP contribution >= 0.6 is 23.2 Å². The number of amides is 1. The molecular weight excluding hydrogens is 595 g/mol. The van der Waals surface area contributed by atoms with Crippen molar-refractivity contribution in [3.05, 3.63) is 76.3 Å². The van der Waals surface area contributed by atoms with Crippen LogP contribution in [0.25, 0.3) is 39.3 Å². The molecule has 0 spiro atoms. The van der Waals surface area contributed by atoms with E-state index in [-0.39, 0.29) is 25.0 Å². The molecule has 4 aromatic heterocycles. The normalized spacial score (nSPS) is 11.3. The first-order valence-electron chi connectivity index (χ1n) is 13.2. The van der Waals surface area contributed by atoms with Crippen molar-refractivity contribution in [3.8, 4) is 45.3 Å². The minimum atomic E-state index is -1.03. The Morgan fingerprint density at radius 1 is 1.02 bits per heavy atom. The van der Waals surface area contributed by atoms with E-state index in [1.807, 2.05) is 18.2 Å². The number of nitrogens with zero attached hydrogens (tertiary/aromatic N) is 6. The highest BCUT2D eigenvalue weighted by Gasteiger charge is 2.22.